The quantitative estimate of drug-likeness (QED) is 0.647. The van der Waals surface area contributed by atoms with Gasteiger partial charge in [-0.25, -0.2) is 0 Å². The summed E-state index contributed by atoms with van der Waals surface area (Å²) in [6.45, 7) is 6.19. The molecule has 1 atom stereocenters. The van der Waals surface area contributed by atoms with Gasteiger partial charge in [-0.2, -0.15) is 5.10 Å². The van der Waals surface area contributed by atoms with Crippen LogP contribution >= 0.6 is 0 Å². The number of rotatable bonds is 4. The predicted octanol–water partition coefficient (Wildman–Crippen LogP) is 4.43. The van der Waals surface area contributed by atoms with E-state index in [9.17, 15) is 20.2 Å². The Balaban J connectivity index is 2.34. The second kappa shape index (κ2) is 7.20. The fourth-order valence-electron chi connectivity index (χ4n) is 2.75. The average molecular weight is 332 g/mol. The Morgan fingerprint density at radius 3 is 2.54 bits per heavy atom. The molecule has 0 aromatic heterocycles. The molecule has 0 radical (unpaired) electrons. The number of nitrogens with one attached hydrogen (secondary N) is 1. The van der Waals surface area contributed by atoms with Crippen LogP contribution in [-0.2, 0) is 0 Å². The minimum Gasteiger partial charge on any atom is -0.271 e. The lowest BCUT2D eigenvalue weighted by atomic mass is 9.83. The summed E-state index contributed by atoms with van der Waals surface area (Å²) in [4.78, 5) is 20.6. The molecular formula is C16H20N4O4. The van der Waals surface area contributed by atoms with E-state index >= 15 is 0 Å². The molecule has 1 saturated carbocycles. The van der Waals surface area contributed by atoms with Gasteiger partial charge in [-0.05, 0) is 50.7 Å². The largest absolute Gasteiger partial charge is 0.301 e. The second-order valence-corrected chi connectivity index (χ2v) is 6.21. The van der Waals surface area contributed by atoms with Gasteiger partial charge in [0.1, 0.15) is 5.69 Å². The fourth-order valence-corrected chi connectivity index (χ4v) is 2.75. The first-order valence-corrected chi connectivity index (χ1v) is 7.71. The van der Waals surface area contributed by atoms with Crippen molar-refractivity contribution in [2.45, 2.75) is 40.0 Å². The van der Waals surface area contributed by atoms with Gasteiger partial charge >= 0.3 is 5.69 Å². The number of hydrogen-bond acceptors (Lipinski definition) is 6. The zero-order valence-corrected chi connectivity index (χ0v) is 13.9. The second-order valence-electron chi connectivity index (χ2n) is 6.21. The van der Waals surface area contributed by atoms with Crippen LogP contribution in [0.3, 0.4) is 0 Å². The number of allylic oxidation sites excluding steroid dienone is 2. The number of nitro groups is 2. The molecule has 0 heterocycles. The zero-order valence-electron chi connectivity index (χ0n) is 13.9. The molecule has 1 aliphatic carbocycles. The van der Waals surface area contributed by atoms with Crippen LogP contribution in [0.2, 0.25) is 0 Å². The molecule has 1 aromatic carbocycles. The monoisotopic (exact) mass is 332 g/mol. The molecule has 0 amide bonds. The highest BCUT2D eigenvalue weighted by atomic mass is 16.6. The lowest BCUT2D eigenvalue weighted by Crippen LogP contribution is -2.18. The summed E-state index contributed by atoms with van der Waals surface area (Å²) in [5.74, 6) is 0.500. The minimum absolute atomic E-state index is 0.143. The average Bonchev–Trinajstić information content (AvgIpc) is 2.52. The highest BCUT2D eigenvalue weighted by Gasteiger charge is 2.22. The van der Waals surface area contributed by atoms with Crippen molar-refractivity contribution in [1.82, 2.24) is 0 Å². The summed E-state index contributed by atoms with van der Waals surface area (Å²) in [5, 5.41) is 26.3. The van der Waals surface area contributed by atoms with Crippen molar-refractivity contribution < 1.29 is 9.85 Å². The van der Waals surface area contributed by atoms with Crippen molar-refractivity contribution in [2.75, 3.05) is 5.43 Å². The molecular weight excluding hydrogens is 312 g/mol. The minimum atomic E-state index is -0.660. The smallest absolute Gasteiger partial charge is 0.271 e. The summed E-state index contributed by atoms with van der Waals surface area (Å²) < 4.78 is 0. The zero-order chi connectivity index (χ0) is 17.9. The number of anilines is 1. The highest BCUT2D eigenvalue weighted by Crippen LogP contribution is 2.31. The van der Waals surface area contributed by atoms with E-state index in [1.165, 1.54) is 23.3 Å². The van der Waals surface area contributed by atoms with Crippen molar-refractivity contribution >= 4 is 22.8 Å². The van der Waals surface area contributed by atoms with E-state index in [2.05, 4.69) is 17.5 Å². The van der Waals surface area contributed by atoms with Crippen LogP contribution in [0.4, 0.5) is 17.1 Å². The number of nitro benzene ring substituents is 2. The molecule has 1 fully saturated rings. The summed E-state index contributed by atoms with van der Waals surface area (Å²) in [7, 11) is 0. The molecule has 0 spiro atoms. The fraction of sp³-hybridized carbons (Fsp3) is 0.438. The highest BCUT2D eigenvalue weighted by molar-refractivity contribution is 6.02. The standard InChI is InChI=1S/C16H20N4O4/c1-10(2)13-6-4-11(3)8-15(13)18-17-14-7-5-12(19(21)22)9-16(14)20(23)24/h5,7,9,11,17H,4,6,8H2,1-3H3/b18-15-/t11-/m1/s1. The van der Waals surface area contributed by atoms with Crippen LogP contribution < -0.4 is 5.43 Å². The summed E-state index contributed by atoms with van der Waals surface area (Å²) in [6, 6.07) is 3.48. The first kappa shape index (κ1) is 17.6. The first-order valence-electron chi connectivity index (χ1n) is 7.71. The lowest BCUT2D eigenvalue weighted by Gasteiger charge is -2.23. The van der Waals surface area contributed by atoms with Crippen LogP contribution in [0.5, 0.6) is 0 Å². The number of hydrazone groups is 1. The first-order chi connectivity index (χ1) is 11.3. The molecule has 8 heteroatoms. The SMILES string of the molecule is CC(C)=C1CC[C@@H](C)C/C1=N/Nc1ccc([N+](=O)[O-])cc1[N+](=O)[O-]. The Morgan fingerprint density at radius 1 is 1.25 bits per heavy atom. The van der Waals surface area contributed by atoms with Gasteiger partial charge in [-0.3, -0.25) is 25.7 Å². The maximum atomic E-state index is 11.2. The molecule has 1 aromatic rings. The third-order valence-electron chi connectivity index (χ3n) is 4.08. The van der Waals surface area contributed by atoms with E-state index in [-0.39, 0.29) is 17.1 Å². The molecule has 0 bridgehead atoms. The van der Waals surface area contributed by atoms with E-state index in [4.69, 9.17) is 0 Å². The topological polar surface area (TPSA) is 111 Å². The predicted molar refractivity (Wildman–Crippen MR) is 92.2 cm³/mol. The molecule has 2 rings (SSSR count). The number of hydrogen-bond donors (Lipinski definition) is 1. The van der Waals surface area contributed by atoms with Gasteiger partial charge in [-0.1, -0.05) is 12.5 Å². The van der Waals surface area contributed by atoms with Gasteiger partial charge in [0.05, 0.1) is 21.6 Å². The number of benzene rings is 1. The Labute approximate surface area is 139 Å². The molecule has 0 aliphatic heterocycles. The van der Waals surface area contributed by atoms with E-state index in [0.29, 0.717) is 5.92 Å². The molecule has 24 heavy (non-hydrogen) atoms. The van der Waals surface area contributed by atoms with Crippen molar-refractivity contribution in [1.29, 1.82) is 0 Å². The molecule has 1 aliphatic rings. The van der Waals surface area contributed by atoms with Crippen molar-refractivity contribution in [3.63, 3.8) is 0 Å². The summed E-state index contributed by atoms with van der Waals surface area (Å²) in [5.41, 5.74) is 5.42. The Morgan fingerprint density at radius 2 is 1.96 bits per heavy atom. The third kappa shape index (κ3) is 3.95. The Hall–Kier alpha value is -2.77. The number of nitrogens with zero attached hydrogens (tertiary/aromatic N) is 3. The van der Waals surface area contributed by atoms with Crippen LogP contribution in [-0.4, -0.2) is 15.6 Å². The number of non-ortho nitro benzene ring substituents is 1. The van der Waals surface area contributed by atoms with E-state index in [0.717, 1.165) is 31.0 Å². The molecule has 128 valence electrons. The van der Waals surface area contributed by atoms with Crippen molar-refractivity contribution in [3.8, 4) is 0 Å². The van der Waals surface area contributed by atoms with Gasteiger partial charge < -0.3 is 0 Å². The van der Waals surface area contributed by atoms with Gasteiger partial charge in [0.2, 0.25) is 0 Å². The van der Waals surface area contributed by atoms with Crippen LogP contribution in [0.15, 0.2) is 34.4 Å². The van der Waals surface area contributed by atoms with Gasteiger partial charge in [0.15, 0.2) is 0 Å². The maximum absolute atomic E-state index is 11.2. The lowest BCUT2D eigenvalue weighted by molar-refractivity contribution is -0.393. The maximum Gasteiger partial charge on any atom is 0.301 e. The third-order valence-corrected chi connectivity index (χ3v) is 4.08. The molecule has 8 nitrogen and oxygen atoms in total. The van der Waals surface area contributed by atoms with E-state index < -0.39 is 9.85 Å². The van der Waals surface area contributed by atoms with Crippen LogP contribution in [0.1, 0.15) is 40.0 Å². The summed E-state index contributed by atoms with van der Waals surface area (Å²) >= 11 is 0. The summed E-state index contributed by atoms with van der Waals surface area (Å²) in [6.07, 6.45) is 2.83. The van der Waals surface area contributed by atoms with Crippen molar-refractivity contribution in [2.24, 2.45) is 11.0 Å². The van der Waals surface area contributed by atoms with E-state index in [1.807, 2.05) is 13.8 Å². The molecule has 1 N–H and O–H groups in total. The van der Waals surface area contributed by atoms with Gasteiger partial charge in [0, 0.05) is 6.07 Å². The molecule has 0 unspecified atom stereocenters. The Bertz CT molecular complexity index is 736. The Kier molecular flexibility index (Phi) is 5.28. The normalized spacial score (nSPS) is 19.2. The van der Waals surface area contributed by atoms with E-state index in [1.54, 1.807) is 0 Å². The van der Waals surface area contributed by atoms with Gasteiger partial charge in [-0.15, -0.1) is 0 Å². The van der Waals surface area contributed by atoms with Crippen molar-refractivity contribution in [3.05, 3.63) is 49.6 Å². The van der Waals surface area contributed by atoms with Crippen LogP contribution in [0, 0.1) is 26.1 Å². The molecule has 0 saturated heterocycles. The van der Waals surface area contributed by atoms with Gasteiger partial charge in [0.25, 0.3) is 5.69 Å². The van der Waals surface area contributed by atoms with Crippen LogP contribution in [0.25, 0.3) is 0 Å².